The second-order valence-electron chi connectivity index (χ2n) is 5.28. The van der Waals surface area contributed by atoms with Crippen LogP contribution >= 0.6 is 11.8 Å². The molecule has 1 N–H and O–H groups in total. The molecule has 2 unspecified atom stereocenters. The Balaban J connectivity index is 1.74. The second-order valence-corrected chi connectivity index (χ2v) is 6.43. The number of thioether (sulfide) groups is 1. The van der Waals surface area contributed by atoms with Gasteiger partial charge in [-0.1, -0.05) is 24.3 Å². The molecule has 4 heteroatoms. The van der Waals surface area contributed by atoms with E-state index in [1.54, 1.807) is 0 Å². The normalized spacial score (nSPS) is 25.9. The molecule has 1 aromatic rings. The molecule has 1 fully saturated rings. The van der Waals surface area contributed by atoms with Crippen LogP contribution in [0.3, 0.4) is 0 Å². The first kappa shape index (κ1) is 13.0. The van der Waals surface area contributed by atoms with Gasteiger partial charge in [-0.2, -0.15) is 11.8 Å². The van der Waals surface area contributed by atoms with Crippen LogP contribution in [0.1, 0.15) is 23.6 Å². The van der Waals surface area contributed by atoms with Crippen LogP contribution in [0.2, 0.25) is 0 Å². The molecule has 1 aliphatic carbocycles. The summed E-state index contributed by atoms with van der Waals surface area (Å²) in [5, 5.41) is 3.34. The van der Waals surface area contributed by atoms with Crippen molar-refractivity contribution >= 4 is 17.7 Å². The van der Waals surface area contributed by atoms with Crippen LogP contribution in [0.4, 0.5) is 0 Å². The summed E-state index contributed by atoms with van der Waals surface area (Å²) in [5.41, 5.74) is 2.74. The highest BCUT2D eigenvalue weighted by atomic mass is 32.2. The highest BCUT2D eigenvalue weighted by Crippen LogP contribution is 2.35. The topological polar surface area (TPSA) is 32.3 Å². The van der Waals surface area contributed by atoms with Gasteiger partial charge in [0.15, 0.2) is 0 Å². The average molecular weight is 276 g/mol. The van der Waals surface area contributed by atoms with E-state index < -0.39 is 0 Å². The number of amides is 1. The molecule has 1 heterocycles. The highest BCUT2D eigenvalue weighted by molar-refractivity contribution is 7.99. The van der Waals surface area contributed by atoms with Crippen molar-refractivity contribution in [3.05, 3.63) is 35.4 Å². The molecule has 2 atom stereocenters. The molecule has 3 nitrogen and oxygen atoms in total. The Morgan fingerprint density at radius 3 is 3.05 bits per heavy atom. The summed E-state index contributed by atoms with van der Waals surface area (Å²) in [6, 6.07) is 8.77. The minimum atomic E-state index is -0.00323. The van der Waals surface area contributed by atoms with Gasteiger partial charge in [0.1, 0.15) is 0 Å². The van der Waals surface area contributed by atoms with Crippen molar-refractivity contribution in [2.24, 2.45) is 0 Å². The van der Waals surface area contributed by atoms with Gasteiger partial charge in [0.25, 0.3) is 0 Å². The van der Waals surface area contributed by atoms with E-state index >= 15 is 0 Å². The zero-order valence-corrected chi connectivity index (χ0v) is 12.1. The minimum absolute atomic E-state index is 0.00323. The Labute approximate surface area is 118 Å². The molecule has 2 aliphatic rings. The van der Waals surface area contributed by atoms with E-state index in [-0.39, 0.29) is 18.0 Å². The Bertz CT molecular complexity index is 471. The fourth-order valence-corrected chi connectivity index (χ4v) is 3.99. The Hall–Kier alpha value is -1.00. The predicted octanol–water partition coefficient (Wildman–Crippen LogP) is 1.84. The van der Waals surface area contributed by atoms with Gasteiger partial charge in [0.2, 0.25) is 5.91 Å². The van der Waals surface area contributed by atoms with E-state index in [0.717, 1.165) is 30.9 Å². The lowest BCUT2D eigenvalue weighted by Crippen LogP contribution is -2.50. The zero-order chi connectivity index (χ0) is 13.2. The maximum absolute atomic E-state index is 12.5. The molecule has 19 heavy (non-hydrogen) atoms. The van der Waals surface area contributed by atoms with Gasteiger partial charge in [-0.05, 0) is 24.0 Å². The monoisotopic (exact) mass is 276 g/mol. The molecule has 0 bridgehead atoms. The van der Waals surface area contributed by atoms with Crippen molar-refractivity contribution in [1.29, 1.82) is 0 Å². The molecule has 0 aromatic heterocycles. The van der Waals surface area contributed by atoms with Gasteiger partial charge >= 0.3 is 0 Å². The lowest BCUT2D eigenvalue weighted by atomic mass is 10.1. The summed E-state index contributed by atoms with van der Waals surface area (Å²) in [6.07, 6.45) is 2.15. The van der Waals surface area contributed by atoms with Crippen molar-refractivity contribution in [2.45, 2.75) is 24.9 Å². The molecular formula is C15H20N2OS. The van der Waals surface area contributed by atoms with Crippen LogP contribution in [-0.2, 0) is 11.2 Å². The van der Waals surface area contributed by atoms with Crippen molar-refractivity contribution < 1.29 is 4.79 Å². The highest BCUT2D eigenvalue weighted by Gasteiger charge is 2.32. The van der Waals surface area contributed by atoms with Crippen molar-refractivity contribution in [3.63, 3.8) is 0 Å². The number of rotatable bonds is 2. The molecule has 1 amide bonds. The molecule has 0 saturated carbocycles. The largest absolute Gasteiger partial charge is 0.337 e. The molecule has 0 radical (unpaired) electrons. The minimum Gasteiger partial charge on any atom is -0.337 e. The van der Waals surface area contributed by atoms with Crippen LogP contribution in [0.25, 0.3) is 0 Å². The number of hydrogen-bond donors (Lipinski definition) is 1. The van der Waals surface area contributed by atoms with Gasteiger partial charge in [0.05, 0.1) is 12.1 Å². The molecule has 102 valence electrons. The van der Waals surface area contributed by atoms with Crippen molar-refractivity contribution in [1.82, 2.24) is 10.2 Å². The van der Waals surface area contributed by atoms with E-state index in [2.05, 4.69) is 29.6 Å². The first-order valence-corrected chi connectivity index (χ1v) is 8.08. The van der Waals surface area contributed by atoms with Crippen LogP contribution in [0.15, 0.2) is 24.3 Å². The zero-order valence-electron chi connectivity index (χ0n) is 11.3. The van der Waals surface area contributed by atoms with Crippen molar-refractivity contribution in [3.8, 4) is 0 Å². The number of fused-ring (bicyclic) bond motifs is 1. The van der Waals surface area contributed by atoms with Gasteiger partial charge in [-0.3, -0.25) is 4.79 Å². The van der Waals surface area contributed by atoms with Crippen molar-refractivity contribution in [2.75, 3.05) is 25.1 Å². The Kier molecular flexibility index (Phi) is 3.80. The van der Waals surface area contributed by atoms with Crippen LogP contribution in [0, 0.1) is 0 Å². The Morgan fingerprint density at radius 2 is 2.26 bits per heavy atom. The smallest absolute Gasteiger partial charge is 0.240 e. The average Bonchev–Trinajstić information content (AvgIpc) is 2.90. The maximum Gasteiger partial charge on any atom is 0.240 e. The van der Waals surface area contributed by atoms with Gasteiger partial charge in [-0.25, -0.2) is 0 Å². The molecule has 3 rings (SSSR count). The number of likely N-dealkylation sites (N-methyl/N-ethyl adjacent to an activating group) is 1. The second kappa shape index (κ2) is 5.55. The first-order chi connectivity index (χ1) is 9.27. The summed E-state index contributed by atoms with van der Waals surface area (Å²) in [5.74, 6) is 2.26. The third kappa shape index (κ3) is 2.51. The molecule has 1 saturated heterocycles. The van der Waals surface area contributed by atoms with Crippen LogP contribution in [0.5, 0.6) is 0 Å². The fraction of sp³-hybridized carbons (Fsp3) is 0.533. The summed E-state index contributed by atoms with van der Waals surface area (Å²) >= 11 is 1.87. The number of benzene rings is 1. The van der Waals surface area contributed by atoms with Gasteiger partial charge in [0, 0.05) is 25.1 Å². The number of nitrogens with one attached hydrogen (secondary N) is 1. The third-order valence-corrected chi connectivity index (χ3v) is 5.20. The predicted molar refractivity (Wildman–Crippen MR) is 79.4 cm³/mol. The van der Waals surface area contributed by atoms with E-state index in [4.69, 9.17) is 0 Å². The van der Waals surface area contributed by atoms with Gasteiger partial charge < -0.3 is 10.2 Å². The molecule has 1 aliphatic heterocycles. The lowest BCUT2D eigenvalue weighted by Gasteiger charge is -2.31. The third-order valence-electron chi connectivity index (χ3n) is 4.14. The molecular weight excluding hydrogens is 256 g/mol. The molecule has 0 spiro atoms. The number of carbonyl (C=O) groups is 1. The lowest BCUT2D eigenvalue weighted by molar-refractivity contribution is -0.133. The van der Waals surface area contributed by atoms with Crippen LogP contribution < -0.4 is 5.32 Å². The summed E-state index contributed by atoms with van der Waals surface area (Å²) < 4.78 is 0. The standard InChI is InChI=1S/C15H20N2OS/c1-17(15(18)13-10-19-9-8-16-13)14-7-6-11-4-2-3-5-12(11)14/h2-5,13-14,16H,6-10H2,1H3. The van der Waals surface area contributed by atoms with E-state index in [1.165, 1.54) is 11.1 Å². The maximum atomic E-state index is 12.5. The van der Waals surface area contributed by atoms with E-state index in [9.17, 15) is 4.79 Å². The fourth-order valence-electron chi connectivity index (χ4n) is 3.06. The molecule has 1 aromatic carbocycles. The summed E-state index contributed by atoms with van der Waals surface area (Å²) in [4.78, 5) is 14.5. The van der Waals surface area contributed by atoms with Crippen LogP contribution in [-0.4, -0.2) is 41.9 Å². The Morgan fingerprint density at radius 1 is 1.42 bits per heavy atom. The van der Waals surface area contributed by atoms with E-state index in [0.29, 0.717) is 0 Å². The number of hydrogen-bond acceptors (Lipinski definition) is 3. The summed E-state index contributed by atoms with van der Waals surface area (Å²) in [6.45, 7) is 0.941. The van der Waals surface area contributed by atoms with Gasteiger partial charge in [-0.15, -0.1) is 0 Å². The quantitative estimate of drug-likeness (QED) is 0.894. The number of nitrogens with zero attached hydrogens (tertiary/aromatic N) is 1. The van der Waals surface area contributed by atoms with E-state index in [1.807, 2.05) is 23.7 Å². The SMILES string of the molecule is CN(C(=O)C1CSCCN1)C1CCc2ccccc21. The number of carbonyl (C=O) groups excluding carboxylic acids is 1. The number of aryl methyl sites for hydroxylation is 1. The summed E-state index contributed by atoms with van der Waals surface area (Å²) in [7, 11) is 1.95. The first-order valence-electron chi connectivity index (χ1n) is 6.93.